The average molecular weight is 229 g/mol. The molecule has 0 unspecified atom stereocenters. The summed E-state index contributed by atoms with van der Waals surface area (Å²) in [6.07, 6.45) is 0.683. The minimum Gasteiger partial charge on any atom is -0.490 e. The normalized spacial score (nSPS) is 8.76. The van der Waals surface area contributed by atoms with Gasteiger partial charge in [0.2, 0.25) is 0 Å². The maximum absolute atomic E-state index is 8.80. The van der Waals surface area contributed by atoms with Crippen LogP contribution in [0.5, 0.6) is 11.5 Å². The Morgan fingerprint density at radius 3 is 2.71 bits per heavy atom. The van der Waals surface area contributed by atoms with Crippen LogP contribution in [0.1, 0.15) is 25.8 Å². The maximum Gasteiger partial charge on any atom is 0.162 e. The van der Waals surface area contributed by atoms with E-state index in [1.165, 1.54) is 0 Å². The van der Waals surface area contributed by atoms with Gasteiger partial charge in [-0.15, -0.1) is 11.8 Å². The highest BCUT2D eigenvalue weighted by Gasteiger charge is 2.05. The highest BCUT2D eigenvalue weighted by atomic mass is 16.5. The number of hydrogen-bond donors (Lipinski definition) is 0. The number of nitrogens with zero attached hydrogens (tertiary/aromatic N) is 1. The summed E-state index contributed by atoms with van der Waals surface area (Å²) in [7, 11) is 0. The van der Waals surface area contributed by atoms with Crippen molar-refractivity contribution in [2.24, 2.45) is 0 Å². The smallest absolute Gasteiger partial charge is 0.162 e. The third-order valence-corrected chi connectivity index (χ3v) is 2.03. The van der Waals surface area contributed by atoms with Crippen LogP contribution in [-0.2, 0) is 0 Å². The van der Waals surface area contributed by atoms with Gasteiger partial charge < -0.3 is 9.47 Å². The van der Waals surface area contributed by atoms with Crippen LogP contribution < -0.4 is 9.47 Å². The van der Waals surface area contributed by atoms with Crippen molar-refractivity contribution in [2.75, 3.05) is 13.2 Å². The Labute approximate surface area is 102 Å². The summed E-state index contributed by atoms with van der Waals surface area (Å²) in [5.41, 5.74) is 0.564. The van der Waals surface area contributed by atoms with Gasteiger partial charge >= 0.3 is 0 Å². The highest BCUT2D eigenvalue weighted by molar-refractivity contribution is 5.46. The third kappa shape index (κ3) is 4.09. The Kier molecular flexibility index (Phi) is 5.47. The van der Waals surface area contributed by atoms with Crippen LogP contribution in [0.2, 0.25) is 0 Å². The van der Waals surface area contributed by atoms with E-state index < -0.39 is 0 Å². The lowest BCUT2D eigenvalue weighted by atomic mass is 10.2. The second-order valence-corrected chi connectivity index (χ2v) is 3.23. The summed E-state index contributed by atoms with van der Waals surface area (Å²) in [6, 6.07) is 7.22. The first kappa shape index (κ1) is 12.9. The molecule has 3 heteroatoms. The number of rotatable bonds is 5. The SMILES string of the molecule is CC#CCCOc1ccc(C#N)cc1OCC. The first-order valence-electron chi connectivity index (χ1n) is 5.51. The molecule has 0 fully saturated rings. The Balaban J connectivity index is 2.74. The molecule has 0 aliphatic heterocycles. The zero-order valence-electron chi connectivity index (χ0n) is 10.1. The molecule has 0 atom stereocenters. The molecule has 0 N–H and O–H groups in total. The van der Waals surface area contributed by atoms with Crippen molar-refractivity contribution in [1.82, 2.24) is 0 Å². The molecule has 0 saturated heterocycles. The highest BCUT2D eigenvalue weighted by Crippen LogP contribution is 2.28. The van der Waals surface area contributed by atoms with Gasteiger partial charge in [0.15, 0.2) is 11.5 Å². The molecule has 0 saturated carbocycles. The van der Waals surface area contributed by atoms with Crippen LogP contribution in [0.4, 0.5) is 0 Å². The van der Waals surface area contributed by atoms with Crippen LogP contribution in [0.25, 0.3) is 0 Å². The predicted octanol–water partition coefficient (Wildman–Crippen LogP) is 2.75. The van der Waals surface area contributed by atoms with Crippen LogP contribution >= 0.6 is 0 Å². The summed E-state index contributed by atoms with van der Waals surface area (Å²) < 4.78 is 11.0. The summed E-state index contributed by atoms with van der Waals surface area (Å²) in [6.45, 7) is 4.76. The van der Waals surface area contributed by atoms with Gasteiger partial charge in [-0.3, -0.25) is 0 Å². The fourth-order valence-corrected chi connectivity index (χ4v) is 1.30. The quantitative estimate of drug-likeness (QED) is 0.576. The van der Waals surface area contributed by atoms with Crippen molar-refractivity contribution < 1.29 is 9.47 Å². The van der Waals surface area contributed by atoms with Crippen molar-refractivity contribution in [2.45, 2.75) is 20.3 Å². The number of hydrogen-bond acceptors (Lipinski definition) is 3. The molecule has 0 aliphatic rings. The Hall–Kier alpha value is -2.13. The van der Waals surface area contributed by atoms with Crippen molar-refractivity contribution in [3.8, 4) is 29.4 Å². The van der Waals surface area contributed by atoms with Gasteiger partial charge in [-0.25, -0.2) is 0 Å². The minimum absolute atomic E-state index is 0.521. The second-order valence-electron chi connectivity index (χ2n) is 3.23. The summed E-state index contributed by atoms with van der Waals surface area (Å²) in [5.74, 6) is 7.00. The largest absolute Gasteiger partial charge is 0.490 e. The number of ether oxygens (including phenoxy) is 2. The monoisotopic (exact) mass is 229 g/mol. The van der Waals surface area contributed by atoms with Gasteiger partial charge in [-0.2, -0.15) is 5.26 Å². The molecular formula is C14H15NO2. The van der Waals surface area contributed by atoms with Gasteiger partial charge in [0.05, 0.1) is 24.8 Å². The number of nitriles is 1. The molecular weight excluding hydrogens is 214 g/mol. The van der Waals surface area contributed by atoms with E-state index in [4.69, 9.17) is 14.7 Å². The van der Waals surface area contributed by atoms with E-state index in [0.29, 0.717) is 36.7 Å². The summed E-state index contributed by atoms with van der Waals surface area (Å²) >= 11 is 0. The van der Waals surface area contributed by atoms with Gasteiger partial charge in [0.1, 0.15) is 0 Å². The van der Waals surface area contributed by atoms with Crippen LogP contribution in [0, 0.1) is 23.2 Å². The minimum atomic E-state index is 0.521. The molecule has 1 aromatic carbocycles. The fourth-order valence-electron chi connectivity index (χ4n) is 1.30. The van der Waals surface area contributed by atoms with Crippen molar-refractivity contribution >= 4 is 0 Å². The molecule has 0 heterocycles. The summed E-state index contributed by atoms with van der Waals surface area (Å²) in [5, 5.41) is 8.80. The van der Waals surface area contributed by atoms with Gasteiger partial charge in [-0.05, 0) is 26.0 Å². The first-order chi connectivity index (χ1) is 8.31. The molecule has 3 nitrogen and oxygen atoms in total. The molecule has 1 aromatic rings. The van der Waals surface area contributed by atoms with Gasteiger partial charge in [0.25, 0.3) is 0 Å². The molecule has 0 spiro atoms. The fraction of sp³-hybridized carbons (Fsp3) is 0.357. The van der Waals surface area contributed by atoms with E-state index >= 15 is 0 Å². The zero-order valence-corrected chi connectivity index (χ0v) is 10.1. The lowest BCUT2D eigenvalue weighted by Crippen LogP contribution is -2.00. The van der Waals surface area contributed by atoms with E-state index in [2.05, 4.69) is 17.9 Å². The van der Waals surface area contributed by atoms with Crippen molar-refractivity contribution in [3.63, 3.8) is 0 Å². The maximum atomic E-state index is 8.80. The van der Waals surface area contributed by atoms with Gasteiger partial charge in [0, 0.05) is 12.5 Å². The van der Waals surface area contributed by atoms with E-state index in [1.54, 1.807) is 25.1 Å². The third-order valence-electron chi connectivity index (χ3n) is 2.03. The Bertz CT molecular complexity index is 463. The zero-order chi connectivity index (χ0) is 12.5. The standard InChI is InChI=1S/C14H15NO2/c1-3-5-6-9-17-13-8-7-12(11-15)10-14(13)16-4-2/h7-8,10H,4,6,9H2,1-2H3. The summed E-state index contributed by atoms with van der Waals surface area (Å²) in [4.78, 5) is 0. The van der Waals surface area contributed by atoms with Gasteiger partial charge in [-0.1, -0.05) is 0 Å². The number of benzene rings is 1. The molecule has 0 bridgehead atoms. The first-order valence-corrected chi connectivity index (χ1v) is 5.51. The van der Waals surface area contributed by atoms with E-state index in [9.17, 15) is 0 Å². The molecule has 88 valence electrons. The lowest BCUT2D eigenvalue weighted by Gasteiger charge is -2.11. The molecule has 0 aromatic heterocycles. The lowest BCUT2D eigenvalue weighted by molar-refractivity contribution is 0.281. The molecule has 0 aliphatic carbocycles. The topological polar surface area (TPSA) is 42.2 Å². The van der Waals surface area contributed by atoms with Crippen molar-refractivity contribution in [1.29, 1.82) is 5.26 Å². The second kappa shape index (κ2) is 7.19. The van der Waals surface area contributed by atoms with Crippen LogP contribution in [0.15, 0.2) is 18.2 Å². The molecule has 0 amide bonds. The average Bonchev–Trinajstić information content (AvgIpc) is 2.36. The molecule has 0 radical (unpaired) electrons. The van der Waals surface area contributed by atoms with E-state index in [1.807, 2.05) is 6.92 Å². The Morgan fingerprint density at radius 2 is 2.06 bits per heavy atom. The molecule has 17 heavy (non-hydrogen) atoms. The van der Waals surface area contributed by atoms with E-state index in [0.717, 1.165) is 0 Å². The van der Waals surface area contributed by atoms with E-state index in [-0.39, 0.29) is 0 Å². The van der Waals surface area contributed by atoms with Crippen LogP contribution in [0.3, 0.4) is 0 Å². The predicted molar refractivity (Wildman–Crippen MR) is 65.9 cm³/mol. The molecule has 1 rings (SSSR count). The Morgan fingerprint density at radius 1 is 1.24 bits per heavy atom. The van der Waals surface area contributed by atoms with Crippen LogP contribution in [-0.4, -0.2) is 13.2 Å². The van der Waals surface area contributed by atoms with Crippen molar-refractivity contribution in [3.05, 3.63) is 23.8 Å².